The second-order valence-electron chi connectivity index (χ2n) is 4.62. The molecule has 1 aromatic carbocycles. The zero-order chi connectivity index (χ0) is 13.7. The van der Waals surface area contributed by atoms with Gasteiger partial charge in [0.05, 0.1) is 6.04 Å². The third kappa shape index (κ3) is 3.45. The van der Waals surface area contributed by atoms with Gasteiger partial charge in [0.15, 0.2) is 0 Å². The second kappa shape index (κ2) is 6.87. The molecule has 0 bridgehead atoms. The first-order valence-corrected chi connectivity index (χ1v) is 7.47. The van der Waals surface area contributed by atoms with E-state index in [9.17, 15) is 0 Å². The van der Waals surface area contributed by atoms with Crippen LogP contribution in [0.1, 0.15) is 30.8 Å². The molecule has 0 aliphatic rings. The normalized spacial score (nSPS) is 12.6. The molecule has 0 aliphatic heterocycles. The van der Waals surface area contributed by atoms with E-state index < -0.39 is 0 Å². The zero-order valence-corrected chi connectivity index (χ0v) is 13.0. The van der Waals surface area contributed by atoms with E-state index in [1.807, 2.05) is 19.3 Å². The average Bonchev–Trinajstić information content (AvgIpc) is 2.86. The van der Waals surface area contributed by atoms with E-state index in [1.165, 1.54) is 5.56 Å². The lowest BCUT2D eigenvalue weighted by molar-refractivity contribution is 0.512. The van der Waals surface area contributed by atoms with Gasteiger partial charge in [0.2, 0.25) is 0 Å². The van der Waals surface area contributed by atoms with Gasteiger partial charge in [-0.1, -0.05) is 41.1 Å². The van der Waals surface area contributed by atoms with Gasteiger partial charge in [-0.15, -0.1) is 0 Å². The SMILES string of the molecule is CCCn1ccnc1C(Cc1ccccc1Br)NC. The van der Waals surface area contributed by atoms with Crippen LogP contribution in [-0.2, 0) is 13.0 Å². The Morgan fingerprint density at radius 3 is 2.84 bits per heavy atom. The summed E-state index contributed by atoms with van der Waals surface area (Å²) in [4.78, 5) is 4.52. The quantitative estimate of drug-likeness (QED) is 0.881. The molecule has 3 nitrogen and oxygen atoms in total. The summed E-state index contributed by atoms with van der Waals surface area (Å²) < 4.78 is 3.39. The maximum atomic E-state index is 4.52. The summed E-state index contributed by atoms with van der Waals surface area (Å²) in [7, 11) is 1.99. The third-order valence-electron chi connectivity index (χ3n) is 3.25. The summed E-state index contributed by atoms with van der Waals surface area (Å²) in [5.74, 6) is 1.11. The molecule has 1 atom stereocenters. The smallest absolute Gasteiger partial charge is 0.126 e. The van der Waals surface area contributed by atoms with E-state index >= 15 is 0 Å². The molecule has 0 aliphatic carbocycles. The van der Waals surface area contributed by atoms with E-state index in [2.05, 4.69) is 62.1 Å². The molecule has 0 amide bonds. The first-order valence-electron chi connectivity index (χ1n) is 6.68. The minimum atomic E-state index is 0.236. The molecule has 1 N–H and O–H groups in total. The number of benzene rings is 1. The molecule has 0 saturated carbocycles. The lowest BCUT2D eigenvalue weighted by Crippen LogP contribution is -2.23. The van der Waals surface area contributed by atoms with Crippen molar-refractivity contribution < 1.29 is 0 Å². The summed E-state index contributed by atoms with van der Waals surface area (Å²) in [5, 5.41) is 3.37. The van der Waals surface area contributed by atoms with Crippen molar-refractivity contribution in [3.8, 4) is 0 Å². The molecule has 0 fully saturated rings. The largest absolute Gasteiger partial charge is 0.334 e. The van der Waals surface area contributed by atoms with E-state index in [4.69, 9.17) is 0 Å². The molecule has 1 unspecified atom stereocenters. The lowest BCUT2D eigenvalue weighted by atomic mass is 10.1. The number of nitrogens with zero attached hydrogens (tertiary/aromatic N) is 2. The topological polar surface area (TPSA) is 29.9 Å². The van der Waals surface area contributed by atoms with Crippen LogP contribution in [0.3, 0.4) is 0 Å². The molecule has 102 valence electrons. The van der Waals surface area contributed by atoms with Crippen molar-refractivity contribution in [3.05, 3.63) is 52.5 Å². The molecule has 2 rings (SSSR count). The van der Waals surface area contributed by atoms with Crippen molar-refractivity contribution in [2.75, 3.05) is 7.05 Å². The van der Waals surface area contributed by atoms with Gasteiger partial charge in [-0.2, -0.15) is 0 Å². The fourth-order valence-electron chi connectivity index (χ4n) is 2.27. The number of rotatable bonds is 6. The molecular weight excluding hydrogens is 302 g/mol. The Hall–Kier alpha value is -1.13. The van der Waals surface area contributed by atoms with E-state index in [-0.39, 0.29) is 6.04 Å². The maximum absolute atomic E-state index is 4.52. The summed E-state index contributed by atoms with van der Waals surface area (Å²) in [5.41, 5.74) is 1.30. The van der Waals surface area contributed by atoms with E-state index in [0.29, 0.717) is 0 Å². The first kappa shape index (κ1) is 14.3. The number of aromatic nitrogens is 2. The predicted molar refractivity (Wildman–Crippen MR) is 82.2 cm³/mol. The summed E-state index contributed by atoms with van der Waals surface area (Å²) in [6.07, 6.45) is 5.99. The number of halogens is 1. The monoisotopic (exact) mass is 321 g/mol. The Labute approximate surface area is 123 Å². The molecule has 1 aromatic heterocycles. The van der Waals surface area contributed by atoms with Crippen molar-refractivity contribution >= 4 is 15.9 Å². The van der Waals surface area contributed by atoms with Gasteiger partial charge in [0.1, 0.15) is 5.82 Å². The molecular formula is C15H20BrN3. The number of imidazole rings is 1. The lowest BCUT2D eigenvalue weighted by Gasteiger charge is -2.18. The van der Waals surface area contributed by atoms with Crippen molar-refractivity contribution in [1.29, 1.82) is 0 Å². The number of nitrogens with one attached hydrogen (secondary N) is 1. The number of aryl methyl sites for hydroxylation is 1. The molecule has 0 radical (unpaired) electrons. The van der Waals surface area contributed by atoms with Gasteiger partial charge in [-0.3, -0.25) is 0 Å². The Kier molecular flexibility index (Phi) is 5.16. The van der Waals surface area contributed by atoms with Crippen LogP contribution in [0.25, 0.3) is 0 Å². The van der Waals surface area contributed by atoms with Gasteiger partial charge in [0.25, 0.3) is 0 Å². The third-order valence-corrected chi connectivity index (χ3v) is 4.03. The average molecular weight is 322 g/mol. The summed E-state index contributed by atoms with van der Waals surface area (Å²) in [6, 6.07) is 8.59. The highest BCUT2D eigenvalue weighted by atomic mass is 79.9. The minimum Gasteiger partial charge on any atom is -0.334 e. The zero-order valence-electron chi connectivity index (χ0n) is 11.4. The van der Waals surface area contributed by atoms with E-state index in [1.54, 1.807) is 0 Å². The molecule has 4 heteroatoms. The molecule has 0 saturated heterocycles. The Bertz CT molecular complexity index is 522. The van der Waals surface area contributed by atoms with Crippen LogP contribution in [0.5, 0.6) is 0 Å². The van der Waals surface area contributed by atoms with Gasteiger partial charge in [-0.25, -0.2) is 4.98 Å². The van der Waals surface area contributed by atoms with Crippen molar-refractivity contribution in [1.82, 2.24) is 14.9 Å². The first-order chi connectivity index (χ1) is 9.26. The fraction of sp³-hybridized carbons (Fsp3) is 0.400. The van der Waals surface area contributed by atoms with Crippen LogP contribution in [0.15, 0.2) is 41.1 Å². The molecule has 0 spiro atoms. The Morgan fingerprint density at radius 2 is 2.16 bits per heavy atom. The standard InChI is InChI=1S/C15H20BrN3/c1-3-9-19-10-8-18-15(19)14(17-2)11-12-6-4-5-7-13(12)16/h4-8,10,14,17H,3,9,11H2,1-2H3. The number of hydrogen-bond acceptors (Lipinski definition) is 2. The van der Waals surface area contributed by atoms with Gasteiger partial charge in [-0.05, 0) is 31.5 Å². The molecule has 1 heterocycles. The van der Waals surface area contributed by atoms with Crippen LogP contribution < -0.4 is 5.32 Å². The van der Waals surface area contributed by atoms with Crippen molar-refractivity contribution in [2.24, 2.45) is 0 Å². The predicted octanol–water partition coefficient (Wildman–Crippen LogP) is 3.56. The second-order valence-corrected chi connectivity index (χ2v) is 5.47. The minimum absolute atomic E-state index is 0.236. The summed E-state index contributed by atoms with van der Waals surface area (Å²) in [6.45, 7) is 3.20. The number of hydrogen-bond donors (Lipinski definition) is 1. The maximum Gasteiger partial charge on any atom is 0.126 e. The van der Waals surface area contributed by atoms with Crippen LogP contribution in [0.4, 0.5) is 0 Å². The molecule has 2 aromatic rings. The summed E-state index contributed by atoms with van der Waals surface area (Å²) >= 11 is 3.61. The van der Waals surface area contributed by atoms with Gasteiger partial charge in [0, 0.05) is 23.4 Å². The van der Waals surface area contributed by atoms with Crippen LogP contribution in [0.2, 0.25) is 0 Å². The van der Waals surface area contributed by atoms with Gasteiger partial charge < -0.3 is 9.88 Å². The molecule has 19 heavy (non-hydrogen) atoms. The van der Waals surface area contributed by atoms with Crippen LogP contribution in [-0.4, -0.2) is 16.6 Å². The fourth-order valence-corrected chi connectivity index (χ4v) is 2.71. The van der Waals surface area contributed by atoms with Crippen LogP contribution >= 0.6 is 15.9 Å². The van der Waals surface area contributed by atoms with Crippen molar-refractivity contribution in [2.45, 2.75) is 32.4 Å². The number of likely N-dealkylation sites (N-methyl/N-ethyl adjacent to an activating group) is 1. The Morgan fingerprint density at radius 1 is 1.37 bits per heavy atom. The van der Waals surface area contributed by atoms with Crippen LogP contribution in [0, 0.1) is 0 Å². The highest BCUT2D eigenvalue weighted by molar-refractivity contribution is 9.10. The van der Waals surface area contributed by atoms with E-state index in [0.717, 1.165) is 29.7 Å². The highest BCUT2D eigenvalue weighted by Crippen LogP contribution is 2.23. The highest BCUT2D eigenvalue weighted by Gasteiger charge is 2.16. The van der Waals surface area contributed by atoms with Crippen molar-refractivity contribution in [3.63, 3.8) is 0 Å². The Balaban J connectivity index is 2.20. The van der Waals surface area contributed by atoms with Gasteiger partial charge >= 0.3 is 0 Å².